The highest BCUT2D eigenvalue weighted by Gasteiger charge is 2.41. The van der Waals surface area contributed by atoms with Crippen LogP contribution in [0.25, 0.3) is 0 Å². The van der Waals surface area contributed by atoms with Crippen LogP contribution >= 0.6 is 0 Å². The summed E-state index contributed by atoms with van der Waals surface area (Å²) in [5.41, 5.74) is 1.21. The molecule has 0 spiro atoms. The third-order valence-corrected chi connectivity index (χ3v) is 6.51. The number of anilines is 1. The van der Waals surface area contributed by atoms with Crippen molar-refractivity contribution in [2.75, 3.05) is 25.1 Å². The molecular formula is C24H23F2N5O3. The summed E-state index contributed by atoms with van der Waals surface area (Å²) in [6.45, 7) is 1.13. The summed E-state index contributed by atoms with van der Waals surface area (Å²) in [5.74, 6) is 1.04. The number of rotatable bonds is 4. The standard InChI is InChI=1S/C24H23F2N5O3/c1-2-13-7-19(15-8-14(25)3-4-16(15)26)31(10-13)24(33)22-21-17(9-27-22)28-12-29-23(21)30-18-11-34-6-5-20(18)32/h1,3-4,8,12-13,18-20,32H,5-7,9-11H2,(H,28,29,30)/t13-,18+,19+,20+/m0/s1. The summed E-state index contributed by atoms with van der Waals surface area (Å²) < 4.78 is 34.0. The average Bonchev–Trinajstić information content (AvgIpc) is 3.47. The minimum Gasteiger partial charge on any atom is -0.391 e. The van der Waals surface area contributed by atoms with Crippen LogP contribution in [0.3, 0.4) is 0 Å². The number of carbonyl (C=O) groups excluding carboxylic acids is 1. The van der Waals surface area contributed by atoms with Crippen LogP contribution in [-0.2, 0) is 16.1 Å². The van der Waals surface area contributed by atoms with E-state index in [1.165, 1.54) is 11.2 Å². The van der Waals surface area contributed by atoms with Gasteiger partial charge in [-0.05, 0) is 31.0 Å². The summed E-state index contributed by atoms with van der Waals surface area (Å²) in [7, 11) is 0. The molecule has 10 heteroatoms. The number of carbonyl (C=O) groups is 1. The molecule has 34 heavy (non-hydrogen) atoms. The molecule has 8 nitrogen and oxygen atoms in total. The molecule has 2 N–H and O–H groups in total. The third kappa shape index (κ3) is 4.02. The molecule has 5 rings (SSSR count). The highest BCUT2D eigenvalue weighted by molar-refractivity contribution is 6.47. The number of amides is 1. The topological polar surface area (TPSA) is 99.9 Å². The van der Waals surface area contributed by atoms with Gasteiger partial charge in [0.25, 0.3) is 5.91 Å². The average molecular weight is 467 g/mol. The Bertz CT molecular complexity index is 1200. The number of aliphatic hydroxyl groups excluding tert-OH is 1. The van der Waals surface area contributed by atoms with Gasteiger partial charge < -0.3 is 20.1 Å². The SMILES string of the molecule is C#C[C@H]1C[C@H](c2cc(F)ccc2F)N(C(=O)C2=NCc3ncnc(N[C@@H]4COCC[C@H]4O)c32)C1. The zero-order valence-electron chi connectivity index (χ0n) is 18.2. The number of nitrogens with zero attached hydrogens (tertiary/aromatic N) is 4. The number of fused-ring (bicyclic) bond motifs is 1. The summed E-state index contributed by atoms with van der Waals surface area (Å²) in [6.07, 6.45) is 7.15. The first-order chi connectivity index (χ1) is 16.5. The smallest absolute Gasteiger partial charge is 0.273 e. The van der Waals surface area contributed by atoms with Crippen LogP contribution in [0.5, 0.6) is 0 Å². The Balaban J connectivity index is 1.47. The first-order valence-corrected chi connectivity index (χ1v) is 11.1. The fourth-order valence-electron chi connectivity index (χ4n) is 4.73. The zero-order chi connectivity index (χ0) is 23.8. The Labute approximate surface area is 195 Å². The lowest BCUT2D eigenvalue weighted by molar-refractivity contribution is -0.125. The Hall–Kier alpha value is -3.42. The van der Waals surface area contributed by atoms with E-state index in [0.29, 0.717) is 36.5 Å². The van der Waals surface area contributed by atoms with Crippen LogP contribution in [0.15, 0.2) is 29.5 Å². The number of aromatic nitrogens is 2. The minimum absolute atomic E-state index is 0.0788. The van der Waals surface area contributed by atoms with Gasteiger partial charge >= 0.3 is 0 Å². The maximum absolute atomic E-state index is 14.6. The predicted molar refractivity (Wildman–Crippen MR) is 119 cm³/mol. The second-order valence-corrected chi connectivity index (χ2v) is 8.63. The minimum atomic E-state index is -0.731. The van der Waals surface area contributed by atoms with Gasteiger partial charge in [-0.15, -0.1) is 12.3 Å². The third-order valence-electron chi connectivity index (χ3n) is 6.51. The summed E-state index contributed by atoms with van der Waals surface area (Å²) in [6, 6.07) is 2.05. The fourth-order valence-corrected chi connectivity index (χ4v) is 4.73. The van der Waals surface area contributed by atoms with Gasteiger partial charge in [0.15, 0.2) is 0 Å². The lowest BCUT2D eigenvalue weighted by Crippen LogP contribution is -2.43. The number of benzene rings is 1. The molecule has 0 aliphatic carbocycles. The van der Waals surface area contributed by atoms with Crippen LogP contribution in [-0.4, -0.2) is 63.5 Å². The molecule has 4 atom stereocenters. The van der Waals surface area contributed by atoms with Crippen LogP contribution in [0.2, 0.25) is 0 Å². The molecule has 0 saturated carbocycles. The lowest BCUT2D eigenvalue weighted by Gasteiger charge is -2.29. The molecule has 1 amide bonds. The molecular weight excluding hydrogens is 444 g/mol. The molecule has 2 aromatic rings. The van der Waals surface area contributed by atoms with Gasteiger partial charge in [0, 0.05) is 24.6 Å². The molecule has 0 radical (unpaired) electrons. The van der Waals surface area contributed by atoms with E-state index in [-0.39, 0.29) is 36.9 Å². The normalized spacial score (nSPS) is 26.1. The van der Waals surface area contributed by atoms with Gasteiger partial charge in [0.05, 0.1) is 42.6 Å². The molecule has 2 fully saturated rings. The van der Waals surface area contributed by atoms with Gasteiger partial charge in [-0.2, -0.15) is 0 Å². The second-order valence-electron chi connectivity index (χ2n) is 8.63. The van der Waals surface area contributed by atoms with E-state index >= 15 is 0 Å². The second kappa shape index (κ2) is 9.08. The van der Waals surface area contributed by atoms with E-state index in [4.69, 9.17) is 11.2 Å². The van der Waals surface area contributed by atoms with Gasteiger partial charge in [0.1, 0.15) is 29.5 Å². The van der Waals surface area contributed by atoms with Crippen molar-refractivity contribution in [3.05, 3.63) is 53.0 Å². The van der Waals surface area contributed by atoms with Gasteiger partial charge in [-0.3, -0.25) is 9.79 Å². The van der Waals surface area contributed by atoms with Crippen molar-refractivity contribution < 1.29 is 23.4 Å². The van der Waals surface area contributed by atoms with Crippen molar-refractivity contribution in [1.29, 1.82) is 0 Å². The highest BCUT2D eigenvalue weighted by atomic mass is 19.1. The van der Waals surface area contributed by atoms with Crippen LogP contribution in [0.1, 0.15) is 35.7 Å². The maximum Gasteiger partial charge on any atom is 0.273 e. The molecule has 0 unspecified atom stereocenters. The van der Waals surface area contributed by atoms with E-state index in [0.717, 1.165) is 18.2 Å². The van der Waals surface area contributed by atoms with Crippen molar-refractivity contribution in [3.8, 4) is 12.3 Å². The zero-order valence-corrected chi connectivity index (χ0v) is 18.2. The van der Waals surface area contributed by atoms with E-state index in [1.54, 1.807) is 0 Å². The van der Waals surface area contributed by atoms with E-state index in [9.17, 15) is 18.7 Å². The number of nitrogens with one attached hydrogen (secondary N) is 1. The summed E-state index contributed by atoms with van der Waals surface area (Å²) >= 11 is 0. The van der Waals surface area contributed by atoms with Gasteiger partial charge in [-0.25, -0.2) is 18.7 Å². The molecule has 2 saturated heterocycles. The van der Waals surface area contributed by atoms with Crippen molar-refractivity contribution in [2.45, 2.75) is 37.6 Å². The molecule has 0 bridgehead atoms. The largest absolute Gasteiger partial charge is 0.391 e. The van der Waals surface area contributed by atoms with Crippen LogP contribution in [0, 0.1) is 29.9 Å². The number of halogens is 2. The number of hydrogen-bond donors (Lipinski definition) is 2. The van der Waals surface area contributed by atoms with E-state index < -0.39 is 35.7 Å². The highest BCUT2D eigenvalue weighted by Crippen LogP contribution is 2.38. The lowest BCUT2D eigenvalue weighted by atomic mass is 9.99. The van der Waals surface area contributed by atoms with Crippen molar-refractivity contribution in [1.82, 2.24) is 14.9 Å². The molecule has 176 valence electrons. The predicted octanol–water partition coefficient (Wildman–Crippen LogP) is 1.84. The number of aliphatic imine (C=N–C) groups is 1. The molecule has 1 aromatic carbocycles. The van der Waals surface area contributed by atoms with Crippen LogP contribution in [0.4, 0.5) is 14.6 Å². The van der Waals surface area contributed by atoms with E-state index in [2.05, 4.69) is 26.2 Å². The fraction of sp³-hybridized carbons (Fsp3) is 0.417. The van der Waals surface area contributed by atoms with Crippen LogP contribution < -0.4 is 5.32 Å². The molecule has 1 aromatic heterocycles. The first-order valence-electron chi connectivity index (χ1n) is 11.1. The van der Waals surface area contributed by atoms with Gasteiger partial charge in [0.2, 0.25) is 0 Å². The summed E-state index contributed by atoms with van der Waals surface area (Å²) in [4.78, 5) is 28.1. The van der Waals surface area contributed by atoms with E-state index in [1.807, 2.05) is 0 Å². The van der Waals surface area contributed by atoms with Crippen molar-refractivity contribution >= 4 is 17.4 Å². The number of terminal acetylenes is 1. The monoisotopic (exact) mass is 467 g/mol. The Morgan fingerprint density at radius 2 is 2.18 bits per heavy atom. The molecule has 3 aliphatic heterocycles. The Morgan fingerprint density at radius 3 is 2.97 bits per heavy atom. The number of ether oxygens (including phenoxy) is 1. The molecule has 4 heterocycles. The number of aliphatic hydroxyl groups is 1. The Kier molecular flexibility index (Phi) is 5.98. The Morgan fingerprint density at radius 1 is 1.32 bits per heavy atom. The van der Waals surface area contributed by atoms with Crippen molar-refractivity contribution in [2.24, 2.45) is 10.9 Å². The number of hydrogen-bond acceptors (Lipinski definition) is 7. The number of likely N-dealkylation sites (tertiary alicyclic amines) is 1. The van der Waals surface area contributed by atoms with Crippen molar-refractivity contribution in [3.63, 3.8) is 0 Å². The molecule has 3 aliphatic rings. The first kappa shape index (κ1) is 22.4. The quantitative estimate of drug-likeness (QED) is 0.666. The summed E-state index contributed by atoms with van der Waals surface area (Å²) in [5, 5.41) is 13.5. The van der Waals surface area contributed by atoms with Gasteiger partial charge in [-0.1, -0.05) is 0 Å². The maximum atomic E-state index is 14.6.